The summed E-state index contributed by atoms with van der Waals surface area (Å²) in [6.45, 7) is 1.87. The molecule has 0 aliphatic heterocycles. The van der Waals surface area contributed by atoms with E-state index in [0.717, 1.165) is 42.5 Å². The Hall–Kier alpha value is -3.65. The fourth-order valence-electron chi connectivity index (χ4n) is 4.35. The number of allylic oxidation sites excluding steroid dienone is 1. The van der Waals surface area contributed by atoms with Crippen LogP contribution in [0.25, 0.3) is 6.08 Å². The molecule has 3 aromatic rings. The van der Waals surface area contributed by atoms with E-state index >= 15 is 0 Å². The molecule has 0 spiro atoms. The normalized spacial score (nSPS) is 16.0. The number of carbonyl (C=O) groups is 2. The number of carbonyl (C=O) groups excluding carboxylic acids is 1. The highest BCUT2D eigenvalue weighted by Gasteiger charge is 2.42. The fraction of sp³-hybridized carbons (Fsp3) is 0.286. The van der Waals surface area contributed by atoms with Crippen LogP contribution < -0.4 is 0 Å². The average Bonchev–Trinajstić information content (AvgIpc) is 3.29. The minimum atomic E-state index is -4.52. The molecule has 1 aliphatic carbocycles. The van der Waals surface area contributed by atoms with E-state index in [4.69, 9.17) is 4.74 Å². The van der Waals surface area contributed by atoms with Gasteiger partial charge < -0.3 is 14.4 Å². The number of benzene rings is 2. The van der Waals surface area contributed by atoms with Crippen molar-refractivity contribution in [1.82, 2.24) is 4.57 Å². The number of ketones is 1. The molecular weight excluding hydrogens is 471 g/mol. The summed E-state index contributed by atoms with van der Waals surface area (Å²) in [6.07, 6.45) is 2.47. The summed E-state index contributed by atoms with van der Waals surface area (Å²) in [5.41, 5.74) is 0.609. The van der Waals surface area contributed by atoms with Crippen LogP contribution in [0.2, 0.25) is 0 Å². The lowest BCUT2D eigenvalue weighted by Crippen LogP contribution is -2.42. The molecule has 36 heavy (non-hydrogen) atoms. The van der Waals surface area contributed by atoms with Crippen LogP contribution in [-0.4, -0.2) is 27.5 Å². The molecule has 1 N–H and O–H groups in total. The molecule has 1 atom stereocenters. The molecule has 8 heteroatoms. The minimum Gasteiger partial charge on any atom is -0.479 e. The molecular formula is C28H26F3NO4. The van der Waals surface area contributed by atoms with Gasteiger partial charge in [-0.3, -0.25) is 4.79 Å². The number of alkyl halides is 3. The Balaban J connectivity index is 1.48. The number of nitrogens with zero attached hydrogens (tertiary/aromatic N) is 1. The largest absolute Gasteiger partial charge is 0.479 e. The SMILES string of the molecule is C[C@@H](OC1(c2cccc(/C=C/Cn3cccc3C(=O)c3cccc(C(F)(F)F)c3)c2)CCC1)C(=O)O. The van der Waals surface area contributed by atoms with E-state index in [1.54, 1.807) is 22.9 Å². The molecule has 5 nitrogen and oxygen atoms in total. The summed E-state index contributed by atoms with van der Waals surface area (Å²) in [6, 6.07) is 15.4. The number of aliphatic carboxylic acids is 1. The Kier molecular flexibility index (Phi) is 7.17. The molecule has 188 valence electrons. The molecule has 0 amide bonds. The molecule has 1 saturated carbocycles. The summed E-state index contributed by atoms with van der Waals surface area (Å²) >= 11 is 0. The van der Waals surface area contributed by atoms with Crippen molar-refractivity contribution >= 4 is 17.8 Å². The Morgan fingerprint density at radius 2 is 1.86 bits per heavy atom. The van der Waals surface area contributed by atoms with Gasteiger partial charge in [0.05, 0.1) is 16.9 Å². The van der Waals surface area contributed by atoms with Crippen molar-refractivity contribution in [1.29, 1.82) is 0 Å². The third kappa shape index (κ3) is 5.44. The molecule has 4 rings (SSSR count). The van der Waals surface area contributed by atoms with Gasteiger partial charge in [-0.1, -0.05) is 42.5 Å². The fourth-order valence-corrected chi connectivity index (χ4v) is 4.35. The van der Waals surface area contributed by atoms with E-state index in [1.165, 1.54) is 19.1 Å². The number of ether oxygens (including phenoxy) is 1. The highest BCUT2D eigenvalue weighted by Crippen LogP contribution is 2.45. The van der Waals surface area contributed by atoms with Crippen molar-refractivity contribution in [3.8, 4) is 0 Å². The van der Waals surface area contributed by atoms with Crippen LogP contribution in [0, 0.1) is 0 Å². The molecule has 1 heterocycles. The minimum absolute atomic E-state index is 0.0251. The second-order valence-electron chi connectivity index (χ2n) is 8.93. The van der Waals surface area contributed by atoms with Crippen LogP contribution in [0.1, 0.15) is 58.9 Å². The first-order valence-electron chi connectivity index (χ1n) is 11.6. The first-order valence-corrected chi connectivity index (χ1v) is 11.6. The van der Waals surface area contributed by atoms with Gasteiger partial charge in [-0.2, -0.15) is 13.2 Å². The van der Waals surface area contributed by atoms with Gasteiger partial charge in [0.15, 0.2) is 6.10 Å². The maximum absolute atomic E-state index is 13.0. The predicted molar refractivity (Wildman–Crippen MR) is 128 cm³/mol. The smallest absolute Gasteiger partial charge is 0.416 e. The molecule has 0 bridgehead atoms. The maximum atomic E-state index is 13.0. The second kappa shape index (κ2) is 10.1. The third-order valence-corrected chi connectivity index (χ3v) is 6.45. The average molecular weight is 498 g/mol. The Morgan fingerprint density at radius 3 is 2.53 bits per heavy atom. The van der Waals surface area contributed by atoms with Gasteiger partial charge in [0.2, 0.25) is 5.78 Å². The summed E-state index contributed by atoms with van der Waals surface area (Å²) in [5, 5.41) is 9.24. The Bertz CT molecular complexity index is 1290. The number of hydrogen-bond donors (Lipinski definition) is 1. The number of carboxylic acids is 1. The van der Waals surface area contributed by atoms with Crippen LogP contribution in [-0.2, 0) is 27.9 Å². The summed E-state index contributed by atoms with van der Waals surface area (Å²) in [4.78, 5) is 24.2. The van der Waals surface area contributed by atoms with Crippen molar-refractivity contribution in [3.63, 3.8) is 0 Å². The van der Waals surface area contributed by atoms with Crippen molar-refractivity contribution in [2.75, 3.05) is 0 Å². The van der Waals surface area contributed by atoms with Crippen LogP contribution >= 0.6 is 0 Å². The lowest BCUT2D eigenvalue weighted by Gasteiger charge is -2.43. The van der Waals surface area contributed by atoms with Gasteiger partial charge in [-0.15, -0.1) is 0 Å². The molecule has 2 aromatic carbocycles. The zero-order valence-corrected chi connectivity index (χ0v) is 19.7. The zero-order chi connectivity index (χ0) is 25.9. The number of carboxylic acid groups (broad SMARTS) is 1. The van der Waals surface area contributed by atoms with Gasteiger partial charge in [0, 0.05) is 18.3 Å². The lowest BCUT2D eigenvalue weighted by molar-refractivity contribution is -0.177. The first-order chi connectivity index (χ1) is 17.1. The second-order valence-corrected chi connectivity index (χ2v) is 8.93. The standard InChI is InChI=1S/C28H26F3NO4/c1-19(26(34)35)36-27(13-6-14-27)22-10-2-7-20(17-22)8-4-15-32-16-5-12-24(32)25(33)21-9-3-11-23(18-21)28(29,30)31/h2-5,7-12,16-19H,6,13-15H2,1H3,(H,34,35)/b8-4+/t19-/m1/s1. The molecule has 1 aromatic heterocycles. The number of halogens is 3. The number of hydrogen-bond acceptors (Lipinski definition) is 3. The zero-order valence-electron chi connectivity index (χ0n) is 19.7. The summed E-state index contributed by atoms with van der Waals surface area (Å²) in [7, 11) is 0. The van der Waals surface area contributed by atoms with Crippen molar-refractivity contribution in [2.45, 2.75) is 50.6 Å². The van der Waals surface area contributed by atoms with Gasteiger partial charge in [-0.05, 0) is 67.6 Å². The molecule has 1 aliphatic rings. The van der Waals surface area contributed by atoms with Crippen molar-refractivity contribution in [2.24, 2.45) is 0 Å². The topological polar surface area (TPSA) is 68.5 Å². The van der Waals surface area contributed by atoms with Gasteiger partial charge in [-0.25, -0.2) is 4.79 Å². The van der Waals surface area contributed by atoms with Gasteiger partial charge >= 0.3 is 12.1 Å². The number of rotatable bonds is 9. The lowest BCUT2D eigenvalue weighted by atomic mass is 9.74. The monoisotopic (exact) mass is 497 g/mol. The number of aromatic nitrogens is 1. The molecule has 0 unspecified atom stereocenters. The summed E-state index contributed by atoms with van der Waals surface area (Å²) in [5.74, 6) is -1.49. The van der Waals surface area contributed by atoms with Crippen LogP contribution in [0.5, 0.6) is 0 Å². The maximum Gasteiger partial charge on any atom is 0.416 e. The van der Waals surface area contributed by atoms with E-state index in [2.05, 4.69) is 0 Å². The van der Waals surface area contributed by atoms with Crippen molar-refractivity contribution < 1.29 is 32.6 Å². The third-order valence-electron chi connectivity index (χ3n) is 6.45. The molecule has 0 saturated heterocycles. The van der Waals surface area contributed by atoms with Crippen molar-refractivity contribution in [3.05, 3.63) is 101 Å². The predicted octanol–water partition coefficient (Wildman–Crippen LogP) is 6.32. The van der Waals surface area contributed by atoms with Gasteiger partial charge in [0.1, 0.15) is 0 Å². The summed E-state index contributed by atoms with van der Waals surface area (Å²) < 4.78 is 46.7. The van der Waals surface area contributed by atoms with Crippen LogP contribution in [0.15, 0.2) is 72.9 Å². The van der Waals surface area contributed by atoms with E-state index in [1.807, 2.05) is 36.4 Å². The van der Waals surface area contributed by atoms with E-state index in [9.17, 15) is 27.9 Å². The van der Waals surface area contributed by atoms with E-state index < -0.39 is 35.2 Å². The highest BCUT2D eigenvalue weighted by molar-refractivity contribution is 6.08. The van der Waals surface area contributed by atoms with Gasteiger partial charge in [0.25, 0.3) is 0 Å². The highest BCUT2D eigenvalue weighted by atomic mass is 19.4. The Morgan fingerprint density at radius 1 is 1.11 bits per heavy atom. The molecule has 1 fully saturated rings. The van der Waals surface area contributed by atoms with E-state index in [0.29, 0.717) is 6.54 Å². The first kappa shape index (κ1) is 25.4. The van der Waals surface area contributed by atoms with E-state index in [-0.39, 0.29) is 11.3 Å². The Labute approximate surface area is 206 Å². The quantitative estimate of drug-likeness (QED) is 0.351. The van der Waals surface area contributed by atoms with Crippen LogP contribution in [0.3, 0.4) is 0 Å². The molecule has 0 radical (unpaired) electrons. The van der Waals surface area contributed by atoms with Crippen LogP contribution in [0.4, 0.5) is 13.2 Å².